The fourth-order valence-electron chi connectivity index (χ4n) is 5.04. The molecule has 4 aliphatic heterocycles. The van der Waals surface area contributed by atoms with Gasteiger partial charge in [-0.05, 0) is 56.6 Å². The standard InChI is InChI=1S/C18H23F2N3O/c1-21-9-16(24)23-10-15(12-6-13(19)8-14(20)7-12)18-17(23)11-2-4-22(18)5-3-11/h6-8,11,15,17-18,21H,2-5,9-10H2,1H3/t15-,17-,18-/m1/s1. The van der Waals surface area contributed by atoms with Crippen LogP contribution in [0.2, 0.25) is 0 Å². The van der Waals surface area contributed by atoms with Crippen LogP contribution in [-0.4, -0.2) is 61.0 Å². The van der Waals surface area contributed by atoms with Gasteiger partial charge in [-0.15, -0.1) is 0 Å². The number of likely N-dealkylation sites (tertiary alicyclic amines) is 1. The Morgan fingerprint density at radius 2 is 1.83 bits per heavy atom. The maximum atomic E-state index is 13.7. The topological polar surface area (TPSA) is 35.6 Å². The normalized spacial score (nSPS) is 34.5. The third-order valence-corrected chi connectivity index (χ3v) is 5.96. The molecule has 1 aromatic rings. The minimum absolute atomic E-state index is 0.0240. The molecule has 24 heavy (non-hydrogen) atoms. The van der Waals surface area contributed by atoms with E-state index >= 15 is 0 Å². The highest BCUT2D eigenvalue weighted by atomic mass is 19.1. The van der Waals surface area contributed by atoms with E-state index in [9.17, 15) is 13.6 Å². The van der Waals surface area contributed by atoms with Crippen LogP contribution in [0.3, 0.4) is 0 Å². The van der Waals surface area contributed by atoms with Crippen molar-refractivity contribution in [2.45, 2.75) is 30.8 Å². The molecular formula is C18H23F2N3O. The molecule has 0 spiro atoms. The lowest BCUT2D eigenvalue weighted by atomic mass is 9.75. The Morgan fingerprint density at radius 1 is 1.17 bits per heavy atom. The Bertz CT molecular complexity index is 625. The predicted octanol–water partition coefficient (Wildman–Crippen LogP) is 1.57. The minimum atomic E-state index is -0.544. The predicted molar refractivity (Wildman–Crippen MR) is 86.6 cm³/mol. The molecule has 1 aromatic carbocycles. The lowest BCUT2D eigenvalue weighted by Crippen LogP contribution is -2.61. The van der Waals surface area contributed by atoms with E-state index < -0.39 is 11.6 Å². The van der Waals surface area contributed by atoms with Gasteiger partial charge in [0.05, 0.1) is 12.6 Å². The number of carbonyl (C=O) groups is 1. The van der Waals surface area contributed by atoms with E-state index in [1.165, 1.54) is 12.1 Å². The largest absolute Gasteiger partial charge is 0.336 e. The van der Waals surface area contributed by atoms with Crippen LogP contribution in [0.4, 0.5) is 8.78 Å². The molecule has 0 unspecified atom stereocenters. The summed E-state index contributed by atoms with van der Waals surface area (Å²) < 4.78 is 27.5. The maximum Gasteiger partial charge on any atom is 0.236 e. The highest BCUT2D eigenvalue weighted by molar-refractivity contribution is 5.79. The van der Waals surface area contributed by atoms with Crippen molar-refractivity contribution < 1.29 is 13.6 Å². The van der Waals surface area contributed by atoms with Gasteiger partial charge in [-0.2, -0.15) is 0 Å². The molecule has 4 nitrogen and oxygen atoms in total. The second-order valence-corrected chi connectivity index (χ2v) is 7.24. The van der Waals surface area contributed by atoms with Crippen LogP contribution in [-0.2, 0) is 4.79 Å². The van der Waals surface area contributed by atoms with Gasteiger partial charge >= 0.3 is 0 Å². The maximum absolute atomic E-state index is 13.7. The average molecular weight is 335 g/mol. The molecule has 0 aliphatic carbocycles. The highest BCUT2D eigenvalue weighted by Crippen LogP contribution is 2.46. The van der Waals surface area contributed by atoms with Gasteiger partial charge in [-0.3, -0.25) is 9.69 Å². The van der Waals surface area contributed by atoms with Crippen LogP contribution in [0.1, 0.15) is 24.3 Å². The second kappa shape index (κ2) is 6.08. The van der Waals surface area contributed by atoms with Gasteiger partial charge in [-0.25, -0.2) is 8.78 Å². The zero-order chi connectivity index (χ0) is 16.8. The first kappa shape index (κ1) is 16.0. The molecule has 5 rings (SSSR count). The lowest BCUT2D eigenvalue weighted by molar-refractivity contribution is -0.134. The number of hydrogen-bond acceptors (Lipinski definition) is 3. The Morgan fingerprint density at radius 3 is 2.46 bits per heavy atom. The molecule has 0 aromatic heterocycles. The van der Waals surface area contributed by atoms with Crippen molar-refractivity contribution in [3.05, 3.63) is 35.4 Å². The van der Waals surface area contributed by atoms with Crippen LogP contribution >= 0.6 is 0 Å². The van der Waals surface area contributed by atoms with E-state index in [0.29, 0.717) is 24.6 Å². The van der Waals surface area contributed by atoms with Crippen molar-refractivity contribution in [3.63, 3.8) is 0 Å². The summed E-state index contributed by atoms with van der Waals surface area (Å²) in [7, 11) is 1.77. The van der Waals surface area contributed by atoms with Crippen molar-refractivity contribution in [1.29, 1.82) is 0 Å². The molecule has 1 amide bonds. The van der Waals surface area contributed by atoms with Crippen molar-refractivity contribution in [3.8, 4) is 0 Å². The van der Waals surface area contributed by atoms with Crippen LogP contribution in [0.15, 0.2) is 18.2 Å². The molecule has 0 radical (unpaired) electrons. The quantitative estimate of drug-likeness (QED) is 0.911. The molecular weight excluding hydrogens is 312 g/mol. The zero-order valence-electron chi connectivity index (χ0n) is 13.8. The average Bonchev–Trinajstić information content (AvgIpc) is 2.98. The van der Waals surface area contributed by atoms with E-state index in [0.717, 1.165) is 32.0 Å². The number of halogens is 2. The Balaban J connectivity index is 1.71. The SMILES string of the molecule is CNCC(=O)N1C[C@H](c2cc(F)cc(F)c2)[C@@H]2[C@H]1C1CCN2CC1. The molecule has 4 aliphatic rings. The van der Waals surface area contributed by atoms with E-state index in [-0.39, 0.29) is 23.9 Å². The van der Waals surface area contributed by atoms with Gasteiger partial charge in [0, 0.05) is 24.6 Å². The number of hydrogen-bond donors (Lipinski definition) is 1. The van der Waals surface area contributed by atoms with E-state index in [1.807, 2.05) is 4.90 Å². The first-order valence-corrected chi connectivity index (χ1v) is 8.72. The summed E-state index contributed by atoms with van der Waals surface area (Å²) in [6, 6.07) is 4.12. The number of amides is 1. The molecule has 2 bridgehead atoms. The summed E-state index contributed by atoms with van der Waals surface area (Å²) in [5, 5.41) is 2.93. The first-order chi connectivity index (χ1) is 11.6. The summed E-state index contributed by atoms with van der Waals surface area (Å²) in [4.78, 5) is 17.0. The third kappa shape index (κ3) is 2.52. The summed E-state index contributed by atoms with van der Waals surface area (Å²) in [5.41, 5.74) is 0.676. The Hall–Kier alpha value is -1.53. The molecule has 6 heteroatoms. The van der Waals surface area contributed by atoms with Gasteiger partial charge in [0.15, 0.2) is 0 Å². The lowest BCUT2D eigenvalue weighted by Gasteiger charge is -2.51. The summed E-state index contributed by atoms with van der Waals surface area (Å²) >= 11 is 0. The molecule has 1 N–H and O–H groups in total. The van der Waals surface area contributed by atoms with Crippen molar-refractivity contribution >= 4 is 5.91 Å². The van der Waals surface area contributed by atoms with Crippen LogP contribution in [0.25, 0.3) is 0 Å². The Kier molecular flexibility index (Phi) is 4.04. The minimum Gasteiger partial charge on any atom is -0.336 e. The van der Waals surface area contributed by atoms with E-state index in [2.05, 4.69) is 10.2 Å². The first-order valence-electron chi connectivity index (χ1n) is 8.72. The smallest absolute Gasteiger partial charge is 0.236 e. The molecule has 4 heterocycles. The van der Waals surface area contributed by atoms with E-state index in [4.69, 9.17) is 0 Å². The van der Waals surface area contributed by atoms with Crippen LogP contribution in [0, 0.1) is 17.6 Å². The van der Waals surface area contributed by atoms with Crippen molar-refractivity contribution in [2.75, 3.05) is 33.2 Å². The highest BCUT2D eigenvalue weighted by Gasteiger charge is 2.54. The monoisotopic (exact) mass is 335 g/mol. The van der Waals surface area contributed by atoms with Gasteiger partial charge in [-0.1, -0.05) is 0 Å². The van der Waals surface area contributed by atoms with Gasteiger partial charge < -0.3 is 10.2 Å². The summed E-state index contributed by atoms with van der Waals surface area (Å²) in [6.07, 6.45) is 2.21. The molecule has 3 atom stereocenters. The van der Waals surface area contributed by atoms with Gasteiger partial charge in [0.2, 0.25) is 5.91 Å². The van der Waals surface area contributed by atoms with E-state index in [1.54, 1.807) is 7.05 Å². The number of carbonyl (C=O) groups excluding carboxylic acids is 1. The molecule has 0 saturated carbocycles. The molecule has 130 valence electrons. The number of fused-ring (bicyclic) bond motifs is 2. The zero-order valence-corrected chi connectivity index (χ0v) is 13.8. The van der Waals surface area contributed by atoms with Crippen molar-refractivity contribution in [2.24, 2.45) is 5.92 Å². The number of rotatable bonds is 3. The Labute approximate surface area is 140 Å². The van der Waals surface area contributed by atoms with Gasteiger partial charge in [0.25, 0.3) is 0 Å². The number of nitrogens with one attached hydrogen (secondary N) is 1. The second-order valence-electron chi connectivity index (χ2n) is 7.24. The summed E-state index contributed by atoms with van der Waals surface area (Å²) in [6.45, 7) is 2.90. The van der Waals surface area contributed by atoms with Crippen LogP contribution in [0.5, 0.6) is 0 Å². The third-order valence-electron chi connectivity index (χ3n) is 5.96. The van der Waals surface area contributed by atoms with Gasteiger partial charge in [0.1, 0.15) is 11.6 Å². The number of benzene rings is 1. The van der Waals surface area contributed by atoms with Crippen LogP contribution < -0.4 is 5.32 Å². The molecule has 4 fully saturated rings. The number of piperidine rings is 3. The molecule has 4 saturated heterocycles. The number of nitrogens with zero attached hydrogens (tertiary/aromatic N) is 2. The van der Waals surface area contributed by atoms with Crippen molar-refractivity contribution in [1.82, 2.24) is 15.1 Å². The fraction of sp³-hybridized carbons (Fsp3) is 0.611. The fourth-order valence-corrected chi connectivity index (χ4v) is 5.04. The summed E-state index contributed by atoms with van der Waals surface area (Å²) in [5.74, 6) is -0.524. The number of likely N-dealkylation sites (N-methyl/N-ethyl adjacent to an activating group) is 1.